The van der Waals surface area contributed by atoms with E-state index in [1.165, 1.54) is 0 Å². The van der Waals surface area contributed by atoms with Crippen LogP contribution in [0.15, 0.2) is 58.8 Å². The molecule has 0 aliphatic carbocycles. The summed E-state index contributed by atoms with van der Waals surface area (Å²) in [6, 6.07) is 15.4. The number of aryl methyl sites for hydroxylation is 1. The maximum absolute atomic E-state index is 4.86. The topological polar surface area (TPSA) is 46.0 Å². The van der Waals surface area contributed by atoms with Gasteiger partial charge in [-0.15, -0.1) is 0 Å². The zero-order valence-corrected chi connectivity index (χ0v) is 10.4. The lowest BCUT2D eigenvalue weighted by atomic mass is 10.2. The van der Waals surface area contributed by atoms with Gasteiger partial charge >= 0.3 is 0 Å². The fraction of sp³-hybridized carbons (Fsp3) is 0.143. The minimum Gasteiger partial charge on any atom is -0.279 e. The van der Waals surface area contributed by atoms with E-state index < -0.39 is 0 Å². The van der Waals surface area contributed by atoms with E-state index in [0.717, 1.165) is 22.6 Å². The molecule has 0 atom stereocenters. The van der Waals surface area contributed by atoms with Crippen molar-refractivity contribution in [3.8, 4) is 0 Å². The van der Waals surface area contributed by atoms with Crippen LogP contribution in [0.4, 0.5) is 17.1 Å². The van der Waals surface area contributed by atoms with Crippen molar-refractivity contribution in [2.24, 2.45) is 10.2 Å². The number of benzene rings is 2. The Morgan fingerprint density at radius 2 is 1.78 bits per heavy atom. The minimum atomic E-state index is 0.820. The van der Waals surface area contributed by atoms with Crippen LogP contribution in [0.1, 0.15) is 5.56 Å². The van der Waals surface area contributed by atoms with Crippen LogP contribution in [0.25, 0.3) is 0 Å². The molecule has 0 unspecified atom stereocenters. The van der Waals surface area contributed by atoms with Crippen molar-refractivity contribution in [3.63, 3.8) is 0 Å². The molecule has 0 heterocycles. The summed E-state index contributed by atoms with van der Waals surface area (Å²) in [4.78, 5) is 4.86. The van der Waals surface area contributed by atoms with E-state index in [2.05, 4.69) is 15.7 Å². The molecule has 2 aromatic carbocycles. The van der Waals surface area contributed by atoms with Crippen molar-refractivity contribution in [1.82, 2.24) is 0 Å². The van der Waals surface area contributed by atoms with Gasteiger partial charge in [-0.2, -0.15) is 10.2 Å². The van der Waals surface area contributed by atoms with E-state index in [4.69, 9.17) is 4.84 Å². The summed E-state index contributed by atoms with van der Waals surface area (Å²) in [7, 11) is 1.57. The second kappa shape index (κ2) is 5.93. The molecular weight excluding hydrogens is 226 g/mol. The Balaban J connectivity index is 2.22. The van der Waals surface area contributed by atoms with Crippen LogP contribution in [-0.2, 0) is 4.84 Å². The molecule has 0 bridgehead atoms. The fourth-order valence-electron chi connectivity index (χ4n) is 1.50. The number of nitrogens with zero attached hydrogens (tertiary/aromatic N) is 2. The van der Waals surface area contributed by atoms with Gasteiger partial charge in [-0.3, -0.25) is 10.3 Å². The van der Waals surface area contributed by atoms with Crippen LogP contribution in [0, 0.1) is 6.92 Å². The van der Waals surface area contributed by atoms with Crippen molar-refractivity contribution in [3.05, 3.63) is 54.1 Å². The van der Waals surface area contributed by atoms with Gasteiger partial charge < -0.3 is 0 Å². The van der Waals surface area contributed by atoms with Crippen molar-refractivity contribution in [2.75, 3.05) is 12.6 Å². The molecule has 0 saturated heterocycles. The number of hydrogen-bond acceptors (Lipinski definition) is 4. The molecule has 4 heteroatoms. The zero-order valence-electron chi connectivity index (χ0n) is 10.4. The number of nitrogens with one attached hydrogen (secondary N) is 1. The van der Waals surface area contributed by atoms with Gasteiger partial charge in [0.25, 0.3) is 0 Å². The highest BCUT2D eigenvalue weighted by molar-refractivity contribution is 5.57. The summed E-state index contributed by atoms with van der Waals surface area (Å²) in [6.45, 7) is 2.00. The second-order valence-corrected chi connectivity index (χ2v) is 3.84. The van der Waals surface area contributed by atoms with Gasteiger partial charge in [-0.1, -0.05) is 24.3 Å². The monoisotopic (exact) mass is 241 g/mol. The molecule has 4 nitrogen and oxygen atoms in total. The summed E-state index contributed by atoms with van der Waals surface area (Å²) in [5, 5.41) is 8.44. The lowest BCUT2D eigenvalue weighted by Gasteiger charge is -2.05. The highest BCUT2D eigenvalue weighted by Crippen LogP contribution is 2.25. The fourth-order valence-corrected chi connectivity index (χ4v) is 1.50. The van der Waals surface area contributed by atoms with Gasteiger partial charge in [0.05, 0.1) is 24.2 Å². The molecule has 18 heavy (non-hydrogen) atoms. The molecule has 0 radical (unpaired) electrons. The number of azo groups is 1. The molecule has 0 aromatic heterocycles. The third-order valence-electron chi connectivity index (χ3n) is 2.46. The first-order chi connectivity index (χ1) is 8.79. The molecule has 0 saturated carbocycles. The predicted molar refractivity (Wildman–Crippen MR) is 72.4 cm³/mol. The van der Waals surface area contributed by atoms with Gasteiger partial charge in [0.1, 0.15) is 0 Å². The maximum atomic E-state index is 4.86. The smallest absolute Gasteiger partial charge is 0.0907 e. The van der Waals surface area contributed by atoms with Crippen molar-refractivity contribution >= 4 is 17.1 Å². The Kier molecular flexibility index (Phi) is 4.04. The first-order valence-corrected chi connectivity index (χ1v) is 5.66. The highest BCUT2D eigenvalue weighted by atomic mass is 16.6. The first kappa shape index (κ1) is 12.3. The van der Waals surface area contributed by atoms with Crippen LogP contribution in [0.2, 0.25) is 0 Å². The van der Waals surface area contributed by atoms with E-state index in [1.807, 2.05) is 55.5 Å². The molecule has 2 rings (SSSR count). The predicted octanol–water partition coefficient (Wildman–Crippen LogP) is 4.38. The maximum Gasteiger partial charge on any atom is 0.0907 e. The second-order valence-electron chi connectivity index (χ2n) is 3.84. The molecule has 0 aliphatic heterocycles. The molecule has 0 aliphatic rings. The average Bonchev–Trinajstić information content (AvgIpc) is 2.41. The van der Waals surface area contributed by atoms with Crippen LogP contribution >= 0.6 is 0 Å². The Morgan fingerprint density at radius 3 is 2.50 bits per heavy atom. The summed E-state index contributed by atoms with van der Waals surface area (Å²) < 4.78 is 0. The Labute approximate surface area is 106 Å². The summed E-state index contributed by atoms with van der Waals surface area (Å²) in [6.07, 6.45) is 0. The first-order valence-electron chi connectivity index (χ1n) is 5.66. The molecular formula is C14H15N3O. The van der Waals surface area contributed by atoms with Gasteiger partial charge in [0, 0.05) is 0 Å². The minimum absolute atomic E-state index is 0.820. The van der Waals surface area contributed by atoms with Crippen LogP contribution < -0.4 is 5.48 Å². The quantitative estimate of drug-likeness (QED) is 0.637. The van der Waals surface area contributed by atoms with E-state index in [9.17, 15) is 0 Å². The summed E-state index contributed by atoms with van der Waals surface area (Å²) in [5.74, 6) is 0. The van der Waals surface area contributed by atoms with Crippen molar-refractivity contribution in [2.45, 2.75) is 6.92 Å². The van der Waals surface area contributed by atoms with Crippen LogP contribution in [0.5, 0.6) is 0 Å². The summed E-state index contributed by atoms with van der Waals surface area (Å²) in [5.41, 5.74) is 6.35. The lowest BCUT2D eigenvalue weighted by molar-refractivity contribution is 0.271. The molecule has 2 aromatic rings. The Bertz CT molecular complexity index is 538. The van der Waals surface area contributed by atoms with E-state index in [0.29, 0.717) is 0 Å². The van der Waals surface area contributed by atoms with E-state index in [1.54, 1.807) is 7.11 Å². The van der Waals surface area contributed by atoms with Crippen LogP contribution in [0.3, 0.4) is 0 Å². The number of hydrogen-bond donors (Lipinski definition) is 1. The van der Waals surface area contributed by atoms with Crippen molar-refractivity contribution < 1.29 is 4.84 Å². The summed E-state index contributed by atoms with van der Waals surface area (Å²) >= 11 is 0. The Hall–Kier alpha value is -2.20. The van der Waals surface area contributed by atoms with Gasteiger partial charge in [0.15, 0.2) is 0 Å². The van der Waals surface area contributed by atoms with E-state index >= 15 is 0 Å². The lowest BCUT2D eigenvalue weighted by Crippen LogP contribution is -1.94. The third kappa shape index (κ3) is 3.15. The normalized spacial score (nSPS) is 10.8. The van der Waals surface area contributed by atoms with Gasteiger partial charge in [0.2, 0.25) is 0 Å². The molecule has 0 spiro atoms. The molecule has 1 N–H and O–H groups in total. The highest BCUT2D eigenvalue weighted by Gasteiger charge is 1.99. The molecule has 0 fully saturated rings. The largest absolute Gasteiger partial charge is 0.279 e. The average molecular weight is 241 g/mol. The standard InChI is InChI=1S/C14H15N3O/c1-11-8-9-13(17-18-2)10-14(11)16-15-12-6-4-3-5-7-12/h3-10,17H,1-2H3/b16-15+. The van der Waals surface area contributed by atoms with Gasteiger partial charge in [-0.05, 0) is 36.8 Å². The van der Waals surface area contributed by atoms with E-state index in [-0.39, 0.29) is 0 Å². The van der Waals surface area contributed by atoms with Crippen LogP contribution in [-0.4, -0.2) is 7.11 Å². The van der Waals surface area contributed by atoms with Crippen molar-refractivity contribution in [1.29, 1.82) is 0 Å². The zero-order chi connectivity index (χ0) is 12.8. The third-order valence-corrected chi connectivity index (χ3v) is 2.46. The van der Waals surface area contributed by atoms with Gasteiger partial charge in [-0.25, -0.2) is 0 Å². The molecule has 92 valence electrons. The number of anilines is 1. The SMILES string of the molecule is CONc1ccc(C)c(/N=N/c2ccccc2)c1. The number of rotatable bonds is 4. The molecule has 0 amide bonds. The Morgan fingerprint density at radius 1 is 1.00 bits per heavy atom.